The van der Waals surface area contributed by atoms with E-state index in [4.69, 9.17) is 0 Å². The van der Waals surface area contributed by atoms with Crippen LogP contribution in [0.15, 0.2) is 53.6 Å². The van der Waals surface area contributed by atoms with Crippen molar-refractivity contribution >= 4 is 10.0 Å². The van der Waals surface area contributed by atoms with Crippen molar-refractivity contribution < 1.29 is 12.8 Å². The van der Waals surface area contributed by atoms with E-state index < -0.39 is 21.5 Å². The van der Waals surface area contributed by atoms with Gasteiger partial charge in [-0.15, -0.1) is 9.19 Å². The van der Waals surface area contributed by atoms with Crippen LogP contribution in [-0.4, -0.2) is 32.9 Å². The highest BCUT2D eigenvalue weighted by Gasteiger charge is 2.28. The van der Waals surface area contributed by atoms with E-state index in [0.29, 0.717) is 15.3 Å². The van der Waals surface area contributed by atoms with Gasteiger partial charge in [-0.3, -0.25) is 4.98 Å². The molecule has 1 fully saturated rings. The zero-order chi connectivity index (χ0) is 20.4. The fourth-order valence-corrected chi connectivity index (χ4v) is 5.36. The molecule has 1 aliphatic carbocycles. The lowest BCUT2D eigenvalue weighted by atomic mass is 9.91. The molecule has 0 saturated heterocycles. The van der Waals surface area contributed by atoms with Crippen LogP contribution in [0.5, 0.6) is 0 Å². The Morgan fingerprint density at radius 2 is 1.66 bits per heavy atom. The number of hydrogen-bond donors (Lipinski definition) is 0. The van der Waals surface area contributed by atoms with Crippen molar-refractivity contribution in [3.63, 3.8) is 0 Å². The lowest BCUT2D eigenvalue weighted by molar-refractivity contribution is 0.383. The van der Waals surface area contributed by atoms with Gasteiger partial charge in [0.05, 0.1) is 11.4 Å². The Morgan fingerprint density at radius 1 is 1.00 bits per heavy atom. The second-order valence-electron chi connectivity index (χ2n) is 7.28. The molecule has 2 heterocycles. The summed E-state index contributed by atoms with van der Waals surface area (Å²) in [7, 11) is -3.93. The van der Waals surface area contributed by atoms with Crippen LogP contribution in [0.2, 0.25) is 0 Å². The Hall–Kier alpha value is -2.81. The minimum absolute atomic E-state index is 0.0287. The third-order valence-electron chi connectivity index (χ3n) is 5.21. The minimum Gasteiger partial charge on any atom is -0.265 e. The quantitative estimate of drug-likeness (QED) is 0.638. The fraction of sp³-hybridized carbons (Fsp3) is 0.350. The van der Waals surface area contributed by atoms with Crippen LogP contribution >= 0.6 is 0 Å². The van der Waals surface area contributed by atoms with Crippen molar-refractivity contribution in [2.75, 3.05) is 5.75 Å². The van der Waals surface area contributed by atoms with E-state index in [2.05, 4.69) is 10.1 Å². The largest absolute Gasteiger partial charge is 0.365 e. The number of halogens is 1. The average Bonchev–Trinajstić information content (AvgIpc) is 3.08. The van der Waals surface area contributed by atoms with Crippen LogP contribution in [0.3, 0.4) is 0 Å². The molecule has 1 aromatic carbocycles. The zero-order valence-corrected chi connectivity index (χ0v) is 16.6. The van der Waals surface area contributed by atoms with Gasteiger partial charge in [0, 0.05) is 18.0 Å². The van der Waals surface area contributed by atoms with Gasteiger partial charge < -0.3 is 0 Å². The smallest absolute Gasteiger partial charge is 0.265 e. The maximum Gasteiger partial charge on any atom is 0.365 e. The SMILES string of the molecule is O=c1n(S(=O)(=O)CC2CCCCC2)nc(-c2ccncc2)n1-c1ccc(F)cc1. The van der Waals surface area contributed by atoms with Gasteiger partial charge in [-0.1, -0.05) is 19.3 Å². The number of benzene rings is 1. The molecule has 1 saturated carbocycles. The zero-order valence-electron chi connectivity index (χ0n) is 15.7. The van der Waals surface area contributed by atoms with Gasteiger partial charge in [0.25, 0.3) is 10.0 Å². The molecule has 9 heteroatoms. The van der Waals surface area contributed by atoms with Gasteiger partial charge in [-0.2, -0.15) is 0 Å². The third kappa shape index (κ3) is 4.00. The normalized spacial score (nSPS) is 15.5. The van der Waals surface area contributed by atoms with Gasteiger partial charge >= 0.3 is 5.69 Å². The Kier molecular flexibility index (Phi) is 5.31. The van der Waals surface area contributed by atoms with Gasteiger partial charge in [-0.05, 0) is 55.2 Å². The van der Waals surface area contributed by atoms with Crippen molar-refractivity contribution in [3.8, 4) is 17.1 Å². The second kappa shape index (κ2) is 7.90. The molecule has 0 spiro atoms. The summed E-state index contributed by atoms with van der Waals surface area (Å²) < 4.78 is 41.2. The molecular weight excluding hydrogens is 395 g/mol. The summed E-state index contributed by atoms with van der Waals surface area (Å²) in [5, 5.41) is 4.17. The molecule has 2 aromatic heterocycles. The van der Waals surface area contributed by atoms with E-state index >= 15 is 0 Å². The van der Waals surface area contributed by atoms with Gasteiger partial charge in [0.1, 0.15) is 5.82 Å². The van der Waals surface area contributed by atoms with E-state index in [1.54, 1.807) is 12.1 Å². The average molecular weight is 416 g/mol. The van der Waals surface area contributed by atoms with E-state index in [1.165, 1.54) is 41.2 Å². The Labute approximate surface area is 167 Å². The first-order valence-electron chi connectivity index (χ1n) is 9.57. The minimum atomic E-state index is -3.93. The van der Waals surface area contributed by atoms with Crippen LogP contribution in [-0.2, 0) is 10.0 Å². The molecule has 7 nitrogen and oxygen atoms in total. The highest BCUT2D eigenvalue weighted by molar-refractivity contribution is 7.89. The molecular formula is C20H21FN4O3S. The third-order valence-corrected chi connectivity index (χ3v) is 6.87. The monoisotopic (exact) mass is 416 g/mol. The van der Waals surface area contributed by atoms with Crippen molar-refractivity contribution in [2.24, 2.45) is 5.92 Å². The molecule has 0 radical (unpaired) electrons. The number of pyridine rings is 1. The molecule has 29 heavy (non-hydrogen) atoms. The molecule has 3 aromatic rings. The first-order chi connectivity index (χ1) is 14.0. The Bertz CT molecular complexity index is 1150. The molecule has 4 rings (SSSR count). The van der Waals surface area contributed by atoms with E-state index in [-0.39, 0.29) is 17.5 Å². The Balaban J connectivity index is 1.83. The van der Waals surface area contributed by atoms with Crippen molar-refractivity contribution in [2.45, 2.75) is 32.1 Å². The maximum absolute atomic E-state index is 13.4. The first kappa shape index (κ1) is 19.5. The van der Waals surface area contributed by atoms with Crippen LogP contribution in [0.4, 0.5) is 4.39 Å². The van der Waals surface area contributed by atoms with Crippen molar-refractivity contribution in [3.05, 3.63) is 65.1 Å². The van der Waals surface area contributed by atoms with Crippen molar-refractivity contribution in [1.29, 1.82) is 0 Å². The summed E-state index contributed by atoms with van der Waals surface area (Å²) in [4.78, 5) is 17.1. The molecule has 0 bridgehead atoms. The van der Waals surface area contributed by atoms with Crippen LogP contribution in [0.1, 0.15) is 32.1 Å². The number of nitrogens with zero attached hydrogens (tertiary/aromatic N) is 4. The van der Waals surface area contributed by atoms with E-state index in [1.807, 2.05) is 0 Å². The van der Waals surface area contributed by atoms with Gasteiger partial charge in [-0.25, -0.2) is 22.2 Å². The Morgan fingerprint density at radius 3 is 2.31 bits per heavy atom. The first-order valence-corrected chi connectivity index (χ1v) is 11.2. The summed E-state index contributed by atoms with van der Waals surface area (Å²) in [6, 6.07) is 8.54. The van der Waals surface area contributed by atoms with Crippen LogP contribution in [0, 0.1) is 11.7 Å². The molecule has 1 aliphatic rings. The predicted octanol–water partition coefficient (Wildman–Crippen LogP) is 2.99. The molecule has 0 N–H and O–H groups in total. The molecule has 0 aliphatic heterocycles. The highest BCUT2D eigenvalue weighted by atomic mass is 32.2. The molecule has 152 valence electrons. The standard InChI is InChI=1S/C20H21FN4O3S/c21-17-6-8-18(9-7-17)24-19(16-10-12-22-13-11-16)23-25(20(24)26)29(27,28)14-15-4-2-1-3-5-15/h6-13,15H,1-5,14H2. The number of rotatable bonds is 5. The summed E-state index contributed by atoms with van der Waals surface area (Å²) in [5.74, 6) is -0.370. The highest BCUT2D eigenvalue weighted by Crippen LogP contribution is 2.26. The topological polar surface area (TPSA) is 86.8 Å². The molecule has 0 amide bonds. The number of hydrogen-bond acceptors (Lipinski definition) is 5. The predicted molar refractivity (Wildman–Crippen MR) is 107 cm³/mol. The summed E-state index contributed by atoms with van der Waals surface area (Å²) >= 11 is 0. The number of aromatic nitrogens is 4. The lowest BCUT2D eigenvalue weighted by Gasteiger charge is -2.20. The van der Waals surface area contributed by atoms with E-state index in [9.17, 15) is 17.6 Å². The fourth-order valence-electron chi connectivity index (χ4n) is 3.76. The second-order valence-corrected chi connectivity index (χ2v) is 9.12. The van der Waals surface area contributed by atoms with Gasteiger partial charge in [0.15, 0.2) is 5.82 Å². The summed E-state index contributed by atoms with van der Waals surface area (Å²) in [6.45, 7) is 0. The summed E-state index contributed by atoms with van der Waals surface area (Å²) in [5.41, 5.74) is 0.0783. The lowest BCUT2D eigenvalue weighted by Crippen LogP contribution is -2.34. The maximum atomic E-state index is 13.4. The molecule has 0 unspecified atom stereocenters. The summed E-state index contributed by atoms with van der Waals surface area (Å²) in [6.07, 6.45) is 7.85. The van der Waals surface area contributed by atoms with Gasteiger partial charge in [0.2, 0.25) is 0 Å². The van der Waals surface area contributed by atoms with E-state index in [0.717, 1.165) is 32.1 Å². The van der Waals surface area contributed by atoms with Crippen molar-refractivity contribution in [1.82, 2.24) is 18.7 Å². The van der Waals surface area contributed by atoms with Crippen LogP contribution in [0.25, 0.3) is 17.1 Å². The molecule has 0 atom stereocenters. The van der Waals surface area contributed by atoms with Crippen LogP contribution < -0.4 is 5.69 Å².